The van der Waals surface area contributed by atoms with Gasteiger partial charge in [0, 0.05) is 6.20 Å². The molecule has 0 aliphatic rings. The van der Waals surface area contributed by atoms with E-state index in [4.69, 9.17) is 23.2 Å². The van der Waals surface area contributed by atoms with Crippen molar-refractivity contribution in [3.8, 4) is 0 Å². The van der Waals surface area contributed by atoms with Crippen LogP contribution in [0.1, 0.15) is 5.56 Å². The molecule has 1 heterocycles. The van der Waals surface area contributed by atoms with Gasteiger partial charge >= 0.3 is 0 Å². The van der Waals surface area contributed by atoms with Crippen molar-refractivity contribution in [2.24, 2.45) is 0 Å². The first-order chi connectivity index (χ1) is 8.09. The Kier molecular flexibility index (Phi) is 3.92. The highest BCUT2D eigenvalue weighted by Crippen LogP contribution is 2.36. The van der Waals surface area contributed by atoms with Crippen molar-refractivity contribution < 1.29 is 0 Å². The van der Waals surface area contributed by atoms with E-state index in [9.17, 15) is 0 Å². The minimum Gasteiger partial charge on any atom is -0.337 e. The number of pyridine rings is 1. The molecule has 0 unspecified atom stereocenters. The number of benzene rings is 1. The highest BCUT2D eigenvalue weighted by molar-refractivity contribution is 9.10. The summed E-state index contributed by atoms with van der Waals surface area (Å²) in [5.74, 6) is 0.682. The summed E-state index contributed by atoms with van der Waals surface area (Å²) >= 11 is 15.7. The van der Waals surface area contributed by atoms with Crippen LogP contribution in [0, 0.1) is 6.92 Å². The van der Waals surface area contributed by atoms with Crippen molar-refractivity contribution >= 4 is 50.6 Å². The van der Waals surface area contributed by atoms with Crippen LogP contribution in [-0.2, 0) is 0 Å². The highest BCUT2D eigenvalue weighted by atomic mass is 79.9. The normalized spacial score (nSPS) is 10.4. The van der Waals surface area contributed by atoms with E-state index in [0.29, 0.717) is 21.6 Å². The second-order valence-corrected chi connectivity index (χ2v) is 5.15. The molecule has 2 nitrogen and oxygen atoms in total. The quantitative estimate of drug-likeness (QED) is 0.817. The summed E-state index contributed by atoms with van der Waals surface area (Å²) in [5, 5.41) is 4.30. The first-order valence-electron chi connectivity index (χ1n) is 4.91. The fraction of sp³-hybridized carbons (Fsp3) is 0.0833. The molecular formula is C12H9BrCl2N2. The predicted octanol–water partition coefficient (Wildman–Crippen LogP) is 5.20. The molecule has 0 saturated carbocycles. The van der Waals surface area contributed by atoms with Crippen molar-refractivity contribution in [2.75, 3.05) is 5.32 Å². The average molecular weight is 332 g/mol. The lowest BCUT2D eigenvalue weighted by molar-refractivity contribution is 1.29. The van der Waals surface area contributed by atoms with Gasteiger partial charge in [-0.15, -0.1) is 0 Å². The molecule has 2 rings (SSSR count). The van der Waals surface area contributed by atoms with Gasteiger partial charge in [0.2, 0.25) is 0 Å². The molecule has 0 atom stereocenters. The topological polar surface area (TPSA) is 24.9 Å². The van der Waals surface area contributed by atoms with Gasteiger partial charge in [0.15, 0.2) is 0 Å². The van der Waals surface area contributed by atoms with Crippen molar-refractivity contribution in [1.29, 1.82) is 0 Å². The van der Waals surface area contributed by atoms with Gasteiger partial charge in [-0.25, -0.2) is 4.98 Å². The summed E-state index contributed by atoms with van der Waals surface area (Å²) in [4.78, 5) is 4.21. The largest absolute Gasteiger partial charge is 0.337 e. The number of hydrogen-bond acceptors (Lipinski definition) is 2. The van der Waals surface area contributed by atoms with Gasteiger partial charge in [0.1, 0.15) is 5.82 Å². The Hall–Kier alpha value is -0.770. The molecule has 0 bridgehead atoms. The van der Waals surface area contributed by atoms with Crippen molar-refractivity contribution in [2.45, 2.75) is 6.92 Å². The summed E-state index contributed by atoms with van der Waals surface area (Å²) in [7, 11) is 0. The van der Waals surface area contributed by atoms with Gasteiger partial charge in [-0.2, -0.15) is 0 Å². The summed E-state index contributed by atoms with van der Waals surface area (Å²) < 4.78 is 0.855. The molecule has 2 aromatic rings. The van der Waals surface area contributed by atoms with Crippen LogP contribution in [0.25, 0.3) is 0 Å². The van der Waals surface area contributed by atoms with E-state index >= 15 is 0 Å². The molecule has 0 radical (unpaired) electrons. The summed E-state index contributed by atoms with van der Waals surface area (Å²) in [6.45, 7) is 1.93. The monoisotopic (exact) mass is 330 g/mol. The van der Waals surface area contributed by atoms with Crippen molar-refractivity contribution in [3.05, 3.63) is 50.5 Å². The molecule has 88 valence electrons. The average Bonchev–Trinajstić information content (AvgIpc) is 2.32. The molecule has 0 saturated heterocycles. The maximum absolute atomic E-state index is 6.21. The SMILES string of the molecule is Cc1ccc(Cl)c(Nc2ncccc2Br)c1Cl. The maximum atomic E-state index is 6.21. The molecule has 0 aliphatic carbocycles. The predicted molar refractivity (Wildman–Crippen MR) is 76.4 cm³/mol. The minimum atomic E-state index is 0.568. The molecule has 0 aliphatic heterocycles. The zero-order chi connectivity index (χ0) is 12.4. The molecule has 1 aromatic heterocycles. The number of hydrogen-bond donors (Lipinski definition) is 1. The van der Waals surface area contributed by atoms with Gasteiger partial charge in [0.05, 0.1) is 20.2 Å². The van der Waals surface area contributed by atoms with Crippen LogP contribution in [0.15, 0.2) is 34.9 Å². The Labute approximate surface area is 118 Å². The Morgan fingerprint density at radius 3 is 2.71 bits per heavy atom. The van der Waals surface area contributed by atoms with E-state index in [1.165, 1.54) is 0 Å². The minimum absolute atomic E-state index is 0.568. The summed E-state index contributed by atoms with van der Waals surface area (Å²) in [6, 6.07) is 7.42. The maximum Gasteiger partial charge on any atom is 0.144 e. The summed E-state index contributed by atoms with van der Waals surface area (Å²) in [6.07, 6.45) is 1.70. The second kappa shape index (κ2) is 5.25. The van der Waals surface area contributed by atoms with Crippen LogP contribution in [0.5, 0.6) is 0 Å². The van der Waals surface area contributed by atoms with Gasteiger partial charge in [-0.1, -0.05) is 29.3 Å². The van der Waals surface area contributed by atoms with Crippen molar-refractivity contribution in [1.82, 2.24) is 4.98 Å². The third-order valence-corrected chi connectivity index (χ3v) is 3.73. The first-order valence-corrected chi connectivity index (χ1v) is 6.46. The van der Waals surface area contributed by atoms with E-state index in [0.717, 1.165) is 10.0 Å². The fourth-order valence-electron chi connectivity index (χ4n) is 1.37. The van der Waals surface area contributed by atoms with Crippen LogP contribution in [0.2, 0.25) is 10.0 Å². The number of anilines is 2. The molecule has 0 spiro atoms. The zero-order valence-electron chi connectivity index (χ0n) is 8.97. The van der Waals surface area contributed by atoms with Crippen LogP contribution in [0.4, 0.5) is 11.5 Å². The number of nitrogens with one attached hydrogen (secondary N) is 1. The van der Waals surface area contributed by atoms with Crippen LogP contribution >= 0.6 is 39.1 Å². The van der Waals surface area contributed by atoms with Crippen LogP contribution < -0.4 is 5.32 Å². The number of nitrogens with zero attached hydrogens (tertiary/aromatic N) is 1. The fourth-order valence-corrected chi connectivity index (χ4v) is 2.19. The number of rotatable bonds is 2. The Bertz CT molecular complexity index is 558. The van der Waals surface area contributed by atoms with E-state index < -0.39 is 0 Å². The second-order valence-electron chi connectivity index (χ2n) is 3.51. The molecule has 17 heavy (non-hydrogen) atoms. The third-order valence-electron chi connectivity index (χ3n) is 2.29. The van der Waals surface area contributed by atoms with Crippen LogP contribution in [0.3, 0.4) is 0 Å². The van der Waals surface area contributed by atoms with E-state index in [2.05, 4.69) is 26.2 Å². The van der Waals surface area contributed by atoms with E-state index in [1.54, 1.807) is 6.20 Å². The molecule has 5 heteroatoms. The standard InChI is InChI=1S/C12H9BrCl2N2/c1-7-4-5-9(14)11(10(7)15)17-12-8(13)3-2-6-16-12/h2-6H,1H3,(H,16,17). The molecule has 1 aromatic carbocycles. The number of aromatic nitrogens is 1. The Morgan fingerprint density at radius 2 is 2.00 bits per heavy atom. The van der Waals surface area contributed by atoms with E-state index in [-0.39, 0.29) is 0 Å². The van der Waals surface area contributed by atoms with Gasteiger partial charge in [-0.3, -0.25) is 0 Å². The lowest BCUT2D eigenvalue weighted by atomic mass is 10.2. The third kappa shape index (κ3) is 2.73. The number of aryl methyl sites for hydroxylation is 1. The van der Waals surface area contributed by atoms with E-state index in [1.807, 2.05) is 31.2 Å². The molecule has 1 N–H and O–H groups in total. The molecular weight excluding hydrogens is 323 g/mol. The first kappa shape index (κ1) is 12.7. The lowest BCUT2D eigenvalue weighted by Gasteiger charge is -2.12. The lowest BCUT2D eigenvalue weighted by Crippen LogP contribution is -1.96. The molecule has 0 fully saturated rings. The van der Waals surface area contributed by atoms with Gasteiger partial charge < -0.3 is 5.32 Å². The smallest absolute Gasteiger partial charge is 0.144 e. The van der Waals surface area contributed by atoms with Gasteiger partial charge in [-0.05, 0) is 46.6 Å². The summed E-state index contributed by atoms with van der Waals surface area (Å²) in [5.41, 5.74) is 1.64. The Morgan fingerprint density at radius 1 is 1.24 bits per heavy atom. The Balaban J connectivity index is 2.43. The van der Waals surface area contributed by atoms with Gasteiger partial charge in [0.25, 0.3) is 0 Å². The number of halogens is 3. The molecule has 0 amide bonds. The van der Waals surface area contributed by atoms with Crippen molar-refractivity contribution in [3.63, 3.8) is 0 Å². The highest BCUT2D eigenvalue weighted by Gasteiger charge is 2.10. The zero-order valence-corrected chi connectivity index (χ0v) is 12.1. The van der Waals surface area contributed by atoms with Crippen LogP contribution in [-0.4, -0.2) is 4.98 Å².